The monoisotopic (exact) mass is 329 g/mol. The van der Waals surface area contributed by atoms with Crippen LogP contribution in [-0.4, -0.2) is 29.0 Å². The summed E-state index contributed by atoms with van der Waals surface area (Å²) in [4.78, 5) is 7.33. The van der Waals surface area contributed by atoms with Crippen LogP contribution in [0.15, 0.2) is 29.6 Å². The molecule has 3 nitrogen and oxygen atoms in total. The van der Waals surface area contributed by atoms with Gasteiger partial charge in [0.2, 0.25) is 0 Å². The average Bonchev–Trinajstić information content (AvgIpc) is 2.99. The molecule has 1 aliphatic heterocycles. The Morgan fingerprint density at radius 1 is 1.30 bits per heavy atom. The first kappa shape index (κ1) is 16.6. The number of nitrogens with zero attached hydrogens (tertiary/aromatic N) is 2. The van der Waals surface area contributed by atoms with E-state index in [9.17, 15) is 0 Å². The van der Waals surface area contributed by atoms with Gasteiger partial charge in [0.1, 0.15) is 5.01 Å². The molecular weight excluding hydrogens is 302 g/mol. The fourth-order valence-electron chi connectivity index (χ4n) is 3.24. The minimum atomic E-state index is 0.188. The minimum absolute atomic E-state index is 0.188. The number of aromatic nitrogens is 1. The summed E-state index contributed by atoms with van der Waals surface area (Å²) >= 11 is 1.74. The first-order valence-corrected chi connectivity index (χ1v) is 9.37. The van der Waals surface area contributed by atoms with Gasteiger partial charge in [-0.05, 0) is 23.8 Å². The highest BCUT2D eigenvalue weighted by Crippen LogP contribution is 2.30. The maximum atomic E-state index is 6.23. The second-order valence-corrected chi connectivity index (χ2v) is 8.15. The van der Waals surface area contributed by atoms with Crippen LogP contribution in [-0.2, 0) is 13.0 Å². The lowest BCUT2D eigenvalue weighted by atomic mass is 9.80. The van der Waals surface area contributed by atoms with Crippen molar-refractivity contribution in [2.24, 2.45) is 11.1 Å². The van der Waals surface area contributed by atoms with Gasteiger partial charge >= 0.3 is 0 Å². The minimum Gasteiger partial charge on any atom is -0.327 e. The smallest absolute Gasteiger partial charge is 0.123 e. The van der Waals surface area contributed by atoms with Crippen molar-refractivity contribution in [2.45, 2.75) is 46.2 Å². The van der Waals surface area contributed by atoms with Crippen molar-refractivity contribution in [3.05, 3.63) is 40.9 Å². The van der Waals surface area contributed by atoms with E-state index in [0.29, 0.717) is 6.04 Å². The molecule has 0 amide bonds. The highest BCUT2D eigenvalue weighted by Gasteiger charge is 2.33. The first-order valence-electron chi connectivity index (χ1n) is 8.49. The van der Waals surface area contributed by atoms with Gasteiger partial charge in [0.25, 0.3) is 0 Å². The van der Waals surface area contributed by atoms with E-state index in [0.717, 1.165) is 37.5 Å². The molecule has 124 valence electrons. The standard InChI is InChI=1S/C19H27N3S/c1-4-14-5-7-15(8-6-14)18-21-16(12-23-18)11-22-10-9-17(20)19(2,3)13-22/h5-8,12,17H,4,9-11,13,20H2,1-3H3. The zero-order valence-electron chi connectivity index (χ0n) is 14.4. The summed E-state index contributed by atoms with van der Waals surface area (Å²) in [5.74, 6) is 0. The van der Waals surface area contributed by atoms with Crippen molar-refractivity contribution in [1.29, 1.82) is 0 Å². The van der Waals surface area contributed by atoms with Crippen LogP contribution < -0.4 is 5.73 Å². The van der Waals surface area contributed by atoms with Gasteiger partial charge in [0.05, 0.1) is 5.69 Å². The number of piperidine rings is 1. The van der Waals surface area contributed by atoms with Crippen molar-refractivity contribution >= 4 is 11.3 Å². The van der Waals surface area contributed by atoms with E-state index >= 15 is 0 Å². The SMILES string of the molecule is CCc1ccc(-c2nc(CN3CCC(N)C(C)(C)C3)cs2)cc1. The summed E-state index contributed by atoms with van der Waals surface area (Å²) in [5.41, 5.74) is 10.2. The van der Waals surface area contributed by atoms with Gasteiger partial charge in [0, 0.05) is 36.6 Å². The number of likely N-dealkylation sites (tertiary alicyclic amines) is 1. The molecule has 23 heavy (non-hydrogen) atoms. The molecule has 2 aromatic rings. The van der Waals surface area contributed by atoms with Gasteiger partial charge in [-0.15, -0.1) is 11.3 Å². The second kappa shape index (κ2) is 6.71. The predicted octanol–water partition coefficient (Wildman–Crippen LogP) is 3.93. The number of aryl methyl sites for hydroxylation is 1. The fourth-order valence-corrected chi connectivity index (χ4v) is 4.06. The summed E-state index contributed by atoms with van der Waals surface area (Å²) < 4.78 is 0. The largest absolute Gasteiger partial charge is 0.327 e. The van der Waals surface area contributed by atoms with Gasteiger partial charge in [-0.3, -0.25) is 4.90 Å². The molecule has 1 atom stereocenters. The molecule has 1 aromatic carbocycles. The Kier molecular flexibility index (Phi) is 4.85. The zero-order chi connectivity index (χ0) is 16.4. The van der Waals surface area contributed by atoms with E-state index < -0.39 is 0 Å². The summed E-state index contributed by atoms with van der Waals surface area (Å²) in [5, 5.41) is 3.32. The number of nitrogens with two attached hydrogens (primary N) is 1. The molecular formula is C19H27N3S. The topological polar surface area (TPSA) is 42.2 Å². The lowest BCUT2D eigenvalue weighted by Gasteiger charge is -2.42. The molecule has 3 rings (SSSR count). The Hall–Kier alpha value is -1.23. The molecule has 1 aliphatic rings. The molecule has 0 spiro atoms. The molecule has 1 unspecified atom stereocenters. The third kappa shape index (κ3) is 3.82. The quantitative estimate of drug-likeness (QED) is 0.924. The molecule has 2 N–H and O–H groups in total. The van der Waals surface area contributed by atoms with E-state index in [-0.39, 0.29) is 5.41 Å². The van der Waals surface area contributed by atoms with Crippen LogP contribution in [0, 0.1) is 5.41 Å². The first-order chi connectivity index (χ1) is 11.0. The van der Waals surface area contributed by atoms with Gasteiger partial charge in [-0.25, -0.2) is 4.98 Å². The van der Waals surface area contributed by atoms with Gasteiger partial charge in [0.15, 0.2) is 0 Å². The summed E-state index contributed by atoms with van der Waals surface area (Å²) in [6, 6.07) is 9.08. The van der Waals surface area contributed by atoms with E-state index in [1.165, 1.54) is 16.8 Å². The molecule has 0 radical (unpaired) electrons. The molecule has 1 aromatic heterocycles. The van der Waals surface area contributed by atoms with E-state index in [1.807, 2.05) is 0 Å². The van der Waals surface area contributed by atoms with Crippen LogP contribution in [0.3, 0.4) is 0 Å². The zero-order valence-corrected chi connectivity index (χ0v) is 15.2. The van der Waals surface area contributed by atoms with Crippen molar-refractivity contribution < 1.29 is 0 Å². The van der Waals surface area contributed by atoms with E-state index in [1.54, 1.807) is 11.3 Å². The lowest BCUT2D eigenvalue weighted by Crippen LogP contribution is -2.52. The maximum Gasteiger partial charge on any atom is 0.123 e. The van der Waals surface area contributed by atoms with Crippen LogP contribution in [0.5, 0.6) is 0 Å². The van der Waals surface area contributed by atoms with Gasteiger partial charge < -0.3 is 5.73 Å². The summed E-state index contributed by atoms with van der Waals surface area (Å²) in [6.07, 6.45) is 2.15. The van der Waals surface area contributed by atoms with Crippen LogP contribution in [0.25, 0.3) is 10.6 Å². The molecule has 0 bridgehead atoms. The number of rotatable bonds is 4. The number of hydrogen-bond acceptors (Lipinski definition) is 4. The predicted molar refractivity (Wildman–Crippen MR) is 98.6 cm³/mol. The van der Waals surface area contributed by atoms with Crippen LogP contribution in [0.2, 0.25) is 0 Å². The van der Waals surface area contributed by atoms with Crippen LogP contribution in [0.1, 0.15) is 38.4 Å². The highest BCUT2D eigenvalue weighted by molar-refractivity contribution is 7.13. The number of thiazole rings is 1. The van der Waals surface area contributed by atoms with Gasteiger partial charge in [-0.2, -0.15) is 0 Å². The Labute approximate surface area is 143 Å². The summed E-state index contributed by atoms with van der Waals surface area (Å²) in [7, 11) is 0. The Balaban J connectivity index is 1.67. The van der Waals surface area contributed by atoms with Crippen molar-refractivity contribution in [3.63, 3.8) is 0 Å². The van der Waals surface area contributed by atoms with Crippen molar-refractivity contribution in [2.75, 3.05) is 13.1 Å². The lowest BCUT2D eigenvalue weighted by molar-refractivity contribution is 0.0891. The van der Waals surface area contributed by atoms with Crippen molar-refractivity contribution in [3.8, 4) is 10.6 Å². The van der Waals surface area contributed by atoms with Crippen LogP contribution >= 0.6 is 11.3 Å². The summed E-state index contributed by atoms with van der Waals surface area (Å²) in [6.45, 7) is 9.77. The second-order valence-electron chi connectivity index (χ2n) is 7.29. The normalized spacial score (nSPS) is 21.5. The van der Waals surface area contributed by atoms with Gasteiger partial charge in [-0.1, -0.05) is 45.0 Å². The molecule has 1 saturated heterocycles. The van der Waals surface area contributed by atoms with E-state index in [4.69, 9.17) is 10.7 Å². The van der Waals surface area contributed by atoms with Crippen molar-refractivity contribution in [1.82, 2.24) is 9.88 Å². The van der Waals surface area contributed by atoms with Crippen LogP contribution in [0.4, 0.5) is 0 Å². The molecule has 2 heterocycles. The molecule has 1 fully saturated rings. The Morgan fingerprint density at radius 2 is 2.04 bits per heavy atom. The number of hydrogen-bond donors (Lipinski definition) is 1. The van der Waals surface area contributed by atoms with E-state index in [2.05, 4.69) is 55.3 Å². The fraction of sp³-hybridized carbons (Fsp3) is 0.526. The highest BCUT2D eigenvalue weighted by atomic mass is 32.1. The number of benzene rings is 1. The third-order valence-corrected chi connectivity index (χ3v) is 5.88. The molecule has 0 aliphatic carbocycles. The molecule has 0 saturated carbocycles. The maximum absolute atomic E-state index is 6.23. The Morgan fingerprint density at radius 3 is 2.70 bits per heavy atom. The average molecular weight is 330 g/mol. The molecule has 4 heteroatoms. The third-order valence-electron chi connectivity index (χ3n) is 4.94. The Bertz CT molecular complexity index is 645.